The molecule has 1 heterocycles. The Morgan fingerprint density at radius 3 is 2.61 bits per heavy atom. The molecule has 1 N–H and O–H groups in total. The lowest BCUT2D eigenvalue weighted by molar-refractivity contribution is -0.113. The molecule has 0 atom stereocenters. The van der Waals surface area contributed by atoms with Crippen molar-refractivity contribution in [3.8, 4) is 5.75 Å². The fourth-order valence-corrected chi connectivity index (χ4v) is 3.50. The molecule has 146 valence electrons. The first kappa shape index (κ1) is 19.9. The number of halogens is 1. The summed E-state index contributed by atoms with van der Waals surface area (Å²) in [5, 5.41) is 11.7. The topological polar surface area (TPSA) is 69.0 Å². The molecular formula is C20H21FN4O2S. The van der Waals surface area contributed by atoms with E-state index in [9.17, 15) is 9.18 Å². The lowest BCUT2D eigenvalue weighted by Crippen LogP contribution is -2.15. The van der Waals surface area contributed by atoms with Crippen LogP contribution in [0.3, 0.4) is 0 Å². The number of carbonyl (C=O) groups is 1. The Bertz CT molecular complexity index is 944. The quantitative estimate of drug-likeness (QED) is 0.583. The molecule has 0 spiro atoms. The second-order valence-electron chi connectivity index (χ2n) is 5.98. The standard InChI is InChI=1S/C20H21FN4O2S/c1-3-25-18(12-14-8-10-15(27-2)11-9-14)23-24-20(25)28-13-19(26)22-17-7-5-4-6-16(17)21/h4-11H,3,12-13H2,1-2H3,(H,22,26). The number of nitrogens with zero attached hydrogens (tertiary/aromatic N) is 3. The number of anilines is 1. The van der Waals surface area contributed by atoms with Gasteiger partial charge in [0.05, 0.1) is 18.6 Å². The van der Waals surface area contributed by atoms with Crippen molar-refractivity contribution >= 4 is 23.4 Å². The van der Waals surface area contributed by atoms with Gasteiger partial charge in [-0.05, 0) is 36.8 Å². The summed E-state index contributed by atoms with van der Waals surface area (Å²) in [7, 11) is 1.63. The van der Waals surface area contributed by atoms with Gasteiger partial charge in [0.15, 0.2) is 5.16 Å². The number of aromatic nitrogens is 3. The first-order valence-corrected chi connectivity index (χ1v) is 9.81. The maximum Gasteiger partial charge on any atom is 0.234 e. The number of ether oxygens (including phenoxy) is 1. The van der Waals surface area contributed by atoms with Crippen LogP contribution in [0.25, 0.3) is 0 Å². The monoisotopic (exact) mass is 400 g/mol. The molecule has 28 heavy (non-hydrogen) atoms. The summed E-state index contributed by atoms with van der Waals surface area (Å²) in [5.74, 6) is 0.994. The van der Waals surface area contributed by atoms with Gasteiger partial charge in [0.2, 0.25) is 5.91 Å². The van der Waals surface area contributed by atoms with E-state index < -0.39 is 5.82 Å². The van der Waals surface area contributed by atoms with Crippen LogP contribution in [-0.4, -0.2) is 33.5 Å². The average Bonchev–Trinajstić information content (AvgIpc) is 3.10. The highest BCUT2D eigenvalue weighted by Gasteiger charge is 2.14. The number of thioether (sulfide) groups is 1. The summed E-state index contributed by atoms with van der Waals surface area (Å²) in [5.41, 5.74) is 1.27. The van der Waals surface area contributed by atoms with E-state index in [1.165, 1.54) is 23.9 Å². The number of hydrogen-bond acceptors (Lipinski definition) is 5. The minimum atomic E-state index is -0.459. The summed E-state index contributed by atoms with van der Waals surface area (Å²) in [6.45, 7) is 2.69. The molecule has 0 bridgehead atoms. The summed E-state index contributed by atoms with van der Waals surface area (Å²) >= 11 is 1.28. The van der Waals surface area contributed by atoms with E-state index in [0.717, 1.165) is 17.1 Å². The van der Waals surface area contributed by atoms with Gasteiger partial charge in [-0.15, -0.1) is 10.2 Å². The lowest BCUT2D eigenvalue weighted by Gasteiger charge is -2.08. The van der Waals surface area contributed by atoms with E-state index in [2.05, 4.69) is 15.5 Å². The second-order valence-corrected chi connectivity index (χ2v) is 6.93. The van der Waals surface area contributed by atoms with Gasteiger partial charge in [0.25, 0.3) is 0 Å². The van der Waals surface area contributed by atoms with Crippen LogP contribution in [0.4, 0.5) is 10.1 Å². The predicted molar refractivity (Wildman–Crippen MR) is 107 cm³/mol. The van der Waals surface area contributed by atoms with Crippen molar-refractivity contribution in [3.63, 3.8) is 0 Å². The first-order chi connectivity index (χ1) is 13.6. The largest absolute Gasteiger partial charge is 0.497 e. The van der Waals surface area contributed by atoms with Crippen LogP contribution in [-0.2, 0) is 17.8 Å². The Hall–Kier alpha value is -2.87. The molecule has 0 aliphatic carbocycles. The molecule has 8 heteroatoms. The predicted octanol–water partition coefficient (Wildman–Crippen LogP) is 3.77. The van der Waals surface area contributed by atoms with Gasteiger partial charge in [-0.25, -0.2) is 4.39 Å². The Labute approximate surface area is 167 Å². The van der Waals surface area contributed by atoms with Crippen molar-refractivity contribution in [2.24, 2.45) is 0 Å². The summed E-state index contributed by atoms with van der Waals surface area (Å²) in [4.78, 5) is 12.1. The molecule has 0 aliphatic heterocycles. The van der Waals surface area contributed by atoms with Crippen LogP contribution in [0.1, 0.15) is 18.3 Å². The molecule has 3 aromatic rings. The number of methoxy groups -OCH3 is 1. The zero-order valence-electron chi connectivity index (χ0n) is 15.7. The van der Waals surface area contributed by atoms with Crippen LogP contribution in [0, 0.1) is 5.82 Å². The van der Waals surface area contributed by atoms with Gasteiger partial charge in [-0.3, -0.25) is 4.79 Å². The second kappa shape index (κ2) is 9.36. The zero-order chi connectivity index (χ0) is 19.9. The number of para-hydroxylation sites is 1. The van der Waals surface area contributed by atoms with Gasteiger partial charge in [-0.2, -0.15) is 0 Å². The van der Waals surface area contributed by atoms with Crippen LogP contribution in [0.5, 0.6) is 5.75 Å². The highest BCUT2D eigenvalue weighted by atomic mass is 32.2. The van der Waals surface area contributed by atoms with Crippen molar-refractivity contribution in [1.82, 2.24) is 14.8 Å². The Morgan fingerprint density at radius 2 is 1.93 bits per heavy atom. The zero-order valence-corrected chi connectivity index (χ0v) is 16.5. The molecule has 0 fully saturated rings. The van der Waals surface area contributed by atoms with Crippen LogP contribution >= 0.6 is 11.8 Å². The van der Waals surface area contributed by atoms with Crippen LogP contribution in [0.2, 0.25) is 0 Å². The molecule has 0 radical (unpaired) electrons. The Morgan fingerprint density at radius 1 is 1.18 bits per heavy atom. The first-order valence-electron chi connectivity index (χ1n) is 8.83. The maximum absolute atomic E-state index is 13.6. The molecular weight excluding hydrogens is 379 g/mol. The van der Waals surface area contributed by atoms with E-state index in [1.54, 1.807) is 19.2 Å². The molecule has 0 saturated heterocycles. The van der Waals surface area contributed by atoms with Gasteiger partial charge >= 0.3 is 0 Å². The van der Waals surface area contributed by atoms with Gasteiger partial charge < -0.3 is 14.6 Å². The SMILES string of the molecule is CCn1c(Cc2ccc(OC)cc2)nnc1SCC(=O)Nc1ccccc1F. The molecule has 3 rings (SSSR count). The smallest absolute Gasteiger partial charge is 0.234 e. The number of benzene rings is 2. The third-order valence-corrected chi connectivity index (χ3v) is 5.08. The van der Waals surface area contributed by atoms with Crippen molar-refractivity contribution in [3.05, 3.63) is 65.7 Å². The van der Waals surface area contributed by atoms with E-state index in [-0.39, 0.29) is 17.3 Å². The summed E-state index contributed by atoms with van der Waals surface area (Å²) in [6.07, 6.45) is 0.632. The third kappa shape index (κ3) is 4.89. The lowest BCUT2D eigenvalue weighted by atomic mass is 10.1. The summed E-state index contributed by atoms with van der Waals surface area (Å²) in [6, 6.07) is 13.9. The van der Waals surface area contributed by atoms with Gasteiger partial charge in [0, 0.05) is 13.0 Å². The molecule has 2 aromatic carbocycles. The number of carbonyl (C=O) groups excluding carboxylic acids is 1. The Kier molecular flexibility index (Phi) is 6.65. The van der Waals surface area contributed by atoms with Crippen molar-refractivity contribution in [2.75, 3.05) is 18.2 Å². The van der Waals surface area contributed by atoms with Crippen LogP contribution in [0.15, 0.2) is 53.7 Å². The van der Waals surface area contributed by atoms with Crippen molar-refractivity contribution in [2.45, 2.75) is 25.0 Å². The number of hydrogen-bond donors (Lipinski definition) is 1. The molecule has 1 amide bonds. The minimum absolute atomic E-state index is 0.120. The van der Waals surface area contributed by atoms with Crippen LogP contribution < -0.4 is 10.1 Å². The number of rotatable bonds is 8. The minimum Gasteiger partial charge on any atom is -0.497 e. The van der Waals surface area contributed by atoms with E-state index >= 15 is 0 Å². The van der Waals surface area contributed by atoms with E-state index in [4.69, 9.17) is 4.74 Å². The van der Waals surface area contributed by atoms with Gasteiger partial charge in [-0.1, -0.05) is 36.0 Å². The highest BCUT2D eigenvalue weighted by Crippen LogP contribution is 2.21. The Balaban J connectivity index is 1.63. The molecule has 0 unspecified atom stereocenters. The van der Waals surface area contributed by atoms with Crippen molar-refractivity contribution < 1.29 is 13.9 Å². The fourth-order valence-electron chi connectivity index (χ4n) is 2.68. The average molecular weight is 400 g/mol. The van der Waals surface area contributed by atoms with Crippen molar-refractivity contribution in [1.29, 1.82) is 0 Å². The molecule has 1 aromatic heterocycles. The van der Waals surface area contributed by atoms with Gasteiger partial charge in [0.1, 0.15) is 17.4 Å². The maximum atomic E-state index is 13.6. The normalized spacial score (nSPS) is 10.7. The molecule has 0 aliphatic rings. The molecule has 6 nitrogen and oxygen atoms in total. The van der Waals surface area contributed by atoms with E-state index in [1.807, 2.05) is 35.8 Å². The third-order valence-electron chi connectivity index (χ3n) is 4.11. The fraction of sp³-hybridized carbons (Fsp3) is 0.250. The number of amides is 1. The molecule has 0 saturated carbocycles. The summed E-state index contributed by atoms with van der Waals surface area (Å²) < 4.78 is 20.8. The van der Waals surface area contributed by atoms with E-state index in [0.29, 0.717) is 18.1 Å². The highest BCUT2D eigenvalue weighted by molar-refractivity contribution is 7.99. The number of nitrogens with one attached hydrogen (secondary N) is 1.